The van der Waals surface area contributed by atoms with E-state index in [0.29, 0.717) is 52.3 Å². The lowest BCUT2D eigenvalue weighted by Crippen LogP contribution is -2.31. The maximum absolute atomic E-state index is 15.9. The monoisotopic (exact) mass is 722 g/mol. The van der Waals surface area contributed by atoms with Crippen molar-refractivity contribution in [3.63, 3.8) is 0 Å². The second kappa shape index (κ2) is 15.7. The number of ketones is 1. The smallest absolute Gasteiger partial charge is 0.306 e. The number of carboxylic acids is 1. The van der Waals surface area contributed by atoms with Gasteiger partial charge in [0.25, 0.3) is 0 Å². The standard InChI is InChI=1S/C39H45FN8O3.C2H6/c1-23(36(50)51)17-24-9-8-10-26(18-24)39(4)14-7-6-13-38(2,3)32(41)22-48(42)21-28-27-12-16-43-30(27)20-29(40)33(28)34(49)25-11-15-44-31(19-25)35-45-37(39)46-47(35)5;1-2/h8-12,15-16,18-20,22-23,43H,6-7,13-14,17,21,41-42H2,1-5H3,(H,50,51);1-2H3/b32-22-;/t23?,39-;/m1./s1. The molecule has 0 saturated carbocycles. The normalized spacial score (nSPS) is 19.5. The maximum atomic E-state index is 15.9. The summed E-state index contributed by atoms with van der Waals surface area (Å²) in [6, 6.07) is 14.3. The summed E-state index contributed by atoms with van der Waals surface area (Å²) in [6.07, 6.45) is 8.40. The van der Waals surface area contributed by atoms with E-state index in [1.807, 2.05) is 32.0 Å². The zero-order chi connectivity index (χ0) is 38.7. The number of aliphatic carboxylic acids is 1. The van der Waals surface area contributed by atoms with Gasteiger partial charge in [-0.2, -0.15) is 5.10 Å². The Labute approximate surface area is 310 Å². The molecule has 280 valence electrons. The third kappa shape index (κ3) is 8.02. The van der Waals surface area contributed by atoms with Crippen molar-refractivity contribution >= 4 is 22.7 Å². The van der Waals surface area contributed by atoms with Crippen LogP contribution in [0.1, 0.15) is 106 Å². The van der Waals surface area contributed by atoms with Crippen LogP contribution in [0.25, 0.3) is 22.4 Å². The molecule has 5 aromatic rings. The summed E-state index contributed by atoms with van der Waals surface area (Å²) in [5, 5.41) is 16.6. The summed E-state index contributed by atoms with van der Waals surface area (Å²) in [7, 11) is 1.78. The van der Waals surface area contributed by atoms with Gasteiger partial charge in [-0.3, -0.25) is 14.6 Å². The molecule has 12 heteroatoms. The molecular formula is C41H51FN8O3. The first-order valence-electron chi connectivity index (χ1n) is 18.2. The molecule has 6 rings (SSSR count). The average Bonchev–Trinajstić information content (AvgIpc) is 3.77. The molecule has 2 aromatic carbocycles. The third-order valence-corrected chi connectivity index (χ3v) is 10.3. The number of allylic oxidation sites excluding steroid dienone is 1. The number of hydrogen-bond donors (Lipinski definition) is 4. The molecule has 0 aliphatic carbocycles. The third-order valence-electron chi connectivity index (χ3n) is 10.3. The summed E-state index contributed by atoms with van der Waals surface area (Å²) in [6.45, 7) is 12.0. The van der Waals surface area contributed by atoms with Crippen LogP contribution >= 0.6 is 0 Å². The van der Waals surface area contributed by atoms with Crippen LogP contribution in [-0.4, -0.2) is 46.6 Å². The van der Waals surface area contributed by atoms with Gasteiger partial charge in [-0.1, -0.05) is 71.7 Å². The fourth-order valence-corrected chi connectivity index (χ4v) is 6.97. The van der Waals surface area contributed by atoms with E-state index in [-0.39, 0.29) is 17.7 Å². The number of nitrogens with one attached hydrogen (secondary N) is 1. The largest absolute Gasteiger partial charge is 0.481 e. The number of aromatic amines is 1. The van der Waals surface area contributed by atoms with Crippen molar-refractivity contribution in [3.8, 4) is 11.5 Å². The van der Waals surface area contributed by atoms with Gasteiger partial charge in [0.05, 0.1) is 23.4 Å². The van der Waals surface area contributed by atoms with E-state index in [0.717, 1.165) is 30.4 Å². The van der Waals surface area contributed by atoms with Crippen LogP contribution < -0.4 is 11.6 Å². The molecule has 53 heavy (non-hydrogen) atoms. The van der Waals surface area contributed by atoms with E-state index in [2.05, 4.69) is 36.8 Å². The van der Waals surface area contributed by atoms with Crippen LogP contribution in [0.5, 0.6) is 0 Å². The number of rotatable bonds is 4. The summed E-state index contributed by atoms with van der Waals surface area (Å²) in [5.41, 5.74) is 9.60. The number of carbonyl (C=O) groups excluding carboxylic acids is 1. The van der Waals surface area contributed by atoms with Crippen molar-refractivity contribution < 1.29 is 19.1 Å². The van der Waals surface area contributed by atoms with Gasteiger partial charge in [-0.15, -0.1) is 0 Å². The van der Waals surface area contributed by atoms with E-state index in [1.54, 1.807) is 49.2 Å². The summed E-state index contributed by atoms with van der Waals surface area (Å²) >= 11 is 0. The molecule has 6 N–H and O–H groups in total. The Balaban J connectivity index is 0.00000266. The number of pyridine rings is 1. The Morgan fingerprint density at radius 3 is 2.57 bits per heavy atom. The lowest BCUT2D eigenvalue weighted by atomic mass is 9.75. The lowest BCUT2D eigenvalue weighted by molar-refractivity contribution is -0.141. The number of benzene rings is 2. The number of aryl methyl sites for hydroxylation is 1. The number of aromatic nitrogens is 5. The van der Waals surface area contributed by atoms with Crippen LogP contribution in [0.2, 0.25) is 0 Å². The van der Waals surface area contributed by atoms with Gasteiger partial charge >= 0.3 is 5.97 Å². The Morgan fingerprint density at radius 2 is 1.83 bits per heavy atom. The molecule has 11 nitrogen and oxygen atoms in total. The van der Waals surface area contributed by atoms with Crippen LogP contribution in [0, 0.1) is 17.2 Å². The number of nitrogens with zero attached hydrogens (tertiary/aromatic N) is 5. The van der Waals surface area contributed by atoms with Crippen molar-refractivity contribution in [2.75, 3.05) is 0 Å². The highest BCUT2D eigenvalue weighted by Gasteiger charge is 2.35. The van der Waals surface area contributed by atoms with Crippen molar-refractivity contribution in [3.05, 3.63) is 112 Å². The fourth-order valence-electron chi connectivity index (χ4n) is 6.97. The molecule has 1 aliphatic rings. The molecule has 0 amide bonds. The van der Waals surface area contributed by atoms with Crippen molar-refractivity contribution in [1.29, 1.82) is 0 Å². The zero-order valence-electron chi connectivity index (χ0n) is 31.7. The van der Waals surface area contributed by atoms with E-state index < -0.39 is 34.3 Å². The van der Waals surface area contributed by atoms with Gasteiger partial charge in [-0.25, -0.2) is 19.9 Å². The molecule has 0 spiro atoms. The number of hydrogen-bond acceptors (Lipinski definition) is 8. The predicted molar refractivity (Wildman–Crippen MR) is 205 cm³/mol. The average molecular weight is 723 g/mol. The summed E-state index contributed by atoms with van der Waals surface area (Å²) in [4.78, 5) is 38.5. The Morgan fingerprint density at radius 1 is 1.09 bits per heavy atom. The summed E-state index contributed by atoms with van der Waals surface area (Å²) in [5.74, 6) is 4.97. The molecule has 0 fully saturated rings. The van der Waals surface area contributed by atoms with Crippen LogP contribution in [-0.2, 0) is 30.2 Å². The highest BCUT2D eigenvalue weighted by molar-refractivity contribution is 6.12. The van der Waals surface area contributed by atoms with Crippen molar-refractivity contribution in [2.24, 2.45) is 30.0 Å². The van der Waals surface area contributed by atoms with Crippen molar-refractivity contribution in [1.82, 2.24) is 29.7 Å². The molecular weight excluding hydrogens is 672 g/mol. The van der Waals surface area contributed by atoms with Crippen LogP contribution in [0.4, 0.5) is 4.39 Å². The number of carboxylic acid groups (broad SMARTS) is 1. The van der Waals surface area contributed by atoms with Gasteiger partial charge in [0.1, 0.15) is 11.5 Å². The zero-order valence-corrected chi connectivity index (χ0v) is 31.7. The molecule has 0 saturated heterocycles. The SMILES string of the molecule is CC.CC(Cc1cccc([C@@]2(C)CCCCC(C)(C)/C(N)=C/N(N)Cc3c(c(F)cc4[nH]ccc34)C(=O)c3ccnc(c3)-c3nc2nn3C)c1)C(=O)O. The number of nitrogens with two attached hydrogens (primary N) is 2. The highest BCUT2D eigenvalue weighted by atomic mass is 19.1. The van der Waals surface area contributed by atoms with Crippen LogP contribution in [0.3, 0.4) is 0 Å². The first-order chi connectivity index (χ1) is 25.2. The topological polar surface area (TPSA) is 169 Å². The maximum Gasteiger partial charge on any atom is 0.306 e. The van der Waals surface area contributed by atoms with E-state index in [4.69, 9.17) is 21.7 Å². The number of carbonyl (C=O) groups is 2. The van der Waals surface area contributed by atoms with Gasteiger partial charge < -0.3 is 20.8 Å². The first kappa shape index (κ1) is 38.9. The van der Waals surface area contributed by atoms with E-state index >= 15 is 4.39 Å². The highest BCUT2D eigenvalue weighted by Crippen LogP contribution is 2.39. The molecule has 0 radical (unpaired) electrons. The number of fused-ring (bicyclic) bond motifs is 8. The summed E-state index contributed by atoms with van der Waals surface area (Å²) < 4.78 is 17.6. The fraction of sp³-hybridized carbons (Fsp3) is 0.390. The first-order valence-corrected chi connectivity index (χ1v) is 18.2. The minimum Gasteiger partial charge on any atom is -0.481 e. The van der Waals surface area contributed by atoms with Gasteiger partial charge in [0.2, 0.25) is 0 Å². The van der Waals surface area contributed by atoms with Gasteiger partial charge in [0, 0.05) is 53.2 Å². The predicted octanol–water partition coefficient (Wildman–Crippen LogP) is 7.40. The van der Waals surface area contributed by atoms with Gasteiger partial charge in [-0.05, 0) is 67.1 Å². The lowest BCUT2D eigenvalue weighted by Gasteiger charge is -2.30. The van der Waals surface area contributed by atoms with Gasteiger partial charge in [0.15, 0.2) is 17.4 Å². The quantitative estimate of drug-likeness (QED) is 0.138. The van der Waals surface area contributed by atoms with E-state index in [9.17, 15) is 14.7 Å². The molecule has 4 heterocycles. The second-order valence-corrected chi connectivity index (χ2v) is 14.6. The Bertz CT molecular complexity index is 2150. The molecule has 1 unspecified atom stereocenters. The van der Waals surface area contributed by atoms with Crippen molar-refractivity contribution in [2.45, 2.75) is 85.6 Å². The van der Waals surface area contributed by atoms with E-state index in [1.165, 1.54) is 17.3 Å². The minimum absolute atomic E-state index is 0.0389. The molecule has 1 aliphatic heterocycles. The number of halogens is 1. The second-order valence-electron chi connectivity index (χ2n) is 14.6. The number of H-pyrrole nitrogens is 1. The molecule has 3 aromatic heterocycles. The minimum atomic E-state index is -0.847. The van der Waals surface area contributed by atoms with Crippen LogP contribution in [0.15, 0.2) is 72.8 Å². The molecule has 4 bridgehead atoms. The number of hydrazine groups is 1. The molecule has 2 atom stereocenters. The Hall–Kier alpha value is -5.36. The Kier molecular flexibility index (Phi) is 11.5.